The van der Waals surface area contributed by atoms with Crippen molar-refractivity contribution in [3.63, 3.8) is 0 Å². The molecule has 0 aliphatic heterocycles. The van der Waals surface area contributed by atoms with Gasteiger partial charge in [0.15, 0.2) is 0 Å². The molecule has 3 heteroatoms. The van der Waals surface area contributed by atoms with Gasteiger partial charge >= 0.3 is 0 Å². The van der Waals surface area contributed by atoms with Gasteiger partial charge in [-0.05, 0) is 118 Å². The molecule has 0 aromatic rings. The van der Waals surface area contributed by atoms with Gasteiger partial charge in [0.2, 0.25) is 0 Å². The van der Waals surface area contributed by atoms with Crippen molar-refractivity contribution in [3.8, 4) is 0 Å². The summed E-state index contributed by atoms with van der Waals surface area (Å²) in [4.78, 5) is 11.5. The fourth-order valence-corrected chi connectivity index (χ4v) is 9.24. The Balaban J connectivity index is 1.57. The fraction of sp³-hybridized carbons (Fsp3) is 0.833. The normalized spacial score (nSPS) is 44.0. The number of hydrogen-bond donors (Lipinski definition) is 1. The number of aliphatic hydroxyl groups is 1. The van der Waals surface area contributed by atoms with E-state index in [9.17, 15) is 9.90 Å². The number of hydrogen-bond acceptors (Lipinski definition) is 3. The predicted octanol–water partition coefficient (Wildman–Crippen LogP) is 7.10. The number of carbonyl (C=O) groups is 1. The molecule has 0 saturated heterocycles. The molecule has 4 rings (SSSR count). The van der Waals surface area contributed by atoms with Gasteiger partial charge in [-0.25, -0.2) is 0 Å². The van der Waals surface area contributed by atoms with Crippen LogP contribution in [-0.2, 0) is 9.53 Å². The van der Waals surface area contributed by atoms with Crippen molar-refractivity contribution >= 4 is 6.47 Å². The van der Waals surface area contributed by atoms with E-state index < -0.39 is 0 Å². The first-order valence-electron chi connectivity index (χ1n) is 13.8. The minimum atomic E-state index is -0.241. The van der Waals surface area contributed by atoms with Gasteiger partial charge in [-0.3, -0.25) is 4.79 Å². The summed E-state index contributed by atoms with van der Waals surface area (Å²) in [5.41, 5.74) is 3.19. The van der Waals surface area contributed by atoms with Crippen LogP contribution in [0.4, 0.5) is 0 Å². The van der Waals surface area contributed by atoms with Crippen molar-refractivity contribution in [3.05, 3.63) is 23.8 Å². The highest BCUT2D eigenvalue weighted by molar-refractivity contribution is 5.40. The summed E-state index contributed by atoms with van der Waals surface area (Å²) >= 11 is 0. The second kappa shape index (κ2) is 9.51. The van der Waals surface area contributed by atoms with E-state index in [2.05, 4.69) is 47.3 Å². The first-order valence-corrected chi connectivity index (χ1v) is 13.8. The van der Waals surface area contributed by atoms with Crippen LogP contribution in [0.15, 0.2) is 23.8 Å². The van der Waals surface area contributed by atoms with Gasteiger partial charge in [0.05, 0.1) is 6.10 Å². The molecule has 0 aromatic carbocycles. The maximum absolute atomic E-state index is 11.5. The van der Waals surface area contributed by atoms with E-state index in [4.69, 9.17) is 4.74 Å². The van der Waals surface area contributed by atoms with Crippen LogP contribution >= 0.6 is 0 Å². The van der Waals surface area contributed by atoms with Crippen molar-refractivity contribution in [1.29, 1.82) is 0 Å². The lowest BCUT2D eigenvalue weighted by Crippen LogP contribution is -2.55. The second-order valence-electron chi connectivity index (χ2n) is 12.7. The monoisotopic (exact) mass is 456 g/mol. The summed E-state index contributed by atoms with van der Waals surface area (Å²) < 4.78 is 5.80. The summed E-state index contributed by atoms with van der Waals surface area (Å²) in [5, 5.41) is 10.3. The summed E-state index contributed by atoms with van der Waals surface area (Å²) in [6, 6.07) is 0. The van der Waals surface area contributed by atoms with E-state index in [-0.39, 0.29) is 17.6 Å². The zero-order chi connectivity index (χ0) is 24.0. The van der Waals surface area contributed by atoms with Gasteiger partial charge in [0.1, 0.15) is 6.10 Å². The van der Waals surface area contributed by atoms with Crippen molar-refractivity contribution < 1.29 is 14.6 Å². The van der Waals surface area contributed by atoms with Crippen molar-refractivity contribution in [1.82, 2.24) is 0 Å². The molecule has 0 amide bonds. The van der Waals surface area contributed by atoms with E-state index in [1.807, 2.05) is 0 Å². The number of fused-ring (bicyclic) bond motifs is 5. The number of ether oxygens (including phenoxy) is 1. The molecule has 4 aliphatic carbocycles. The van der Waals surface area contributed by atoms with Crippen LogP contribution in [0, 0.1) is 46.3 Å². The largest absolute Gasteiger partial charge is 0.460 e. The van der Waals surface area contributed by atoms with Crippen molar-refractivity contribution in [2.75, 3.05) is 0 Å². The van der Waals surface area contributed by atoms with E-state index in [0.717, 1.165) is 31.1 Å². The van der Waals surface area contributed by atoms with Gasteiger partial charge < -0.3 is 9.84 Å². The first-order chi connectivity index (χ1) is 15.7. The molecule has 10 atom stereocenters. The fourth-order valence-electron chi connectivity index (χ4n) is 9.24. The standard InChI is InChI=1S/C30H48O3/c1-7-21(19(2)3)9-8-20(4)24-10-11-25-28-26(13-15-30(24,25)6)29(5)14-12-23(32)16-22(29)17-27(28)33-18-31/h17-18,20-21,23-28,32H,2,7-16H2,1,3-6H3. The van der Waals surface area contributed by atoms with E-state index >= 15 is 0 Å². The summed E-state index contributed by atoms with van der Waals surface area (Å²) in [6.45, 7) is 16.9. The highest BCUT2D eigenvalue weighted by atomic mass is 16.5. The molecular formula is C30H48O3. The zero-order valence-electron chi connectivity index (χ0n) is 21.8. The quantitative estimate of drug-likeness (QED) is 0.313. The minimum Gasteiger partial charge on any atom is -0.460 e. The van der Waals surface area contributed by atoms with Gasteiger partial charge in [-0.2, -0.15) is 0 Å². The molecule has 10 unspecified atom stereocenters. The molecule has 3 fully saturated rings. The second-order valence-corrected chi connectivity index (χ2v) is 12.7. The zero-order valence-corrected chi connectivity index (χ0v) is 21.8. The van der Waals surface area contributed by atoms with Crippen LogP contribution in [0.1, 0.15) is 98.8 Å². The van der Waals surface area contributed by atoms with Crippen LogP contribution in [0.25, 0.3) is 0 Å². The predicted molar refractivity (Wildman–Crippen MR) is 135 cm³/mol. The molecule has 0 bridgehead atoms. The number of rotatable bonds is 8. The average molecular weight is 457 g/mol. The summed E-state index contributed by atoms with van der Waals surface area (Å²) in [6.07, 6.45) is 13.5. The average Bonchev–Trinajstić information content (AvgIpc) is 3.12. The molecule has 33 heavy (non-hydrogen) atoms. The van der Waals surface area contributed by atoms with Gasteiger partial charge in [0, 0.05) is 5.92 Å². The number of aliphatic hydroxyl groups excluding tert-OH is 1. The molecular weight excluding hydrogens is 408 g/mol. The number of allylic oxidation sites excluding steroid dienone is 1. The lowest BCUT2D eigenvalue weighted by Gasteiger charge is -2.59. The van der Waals surface area contributed by atoms with E-state index in [1.165, 1.54) is 56.1 Å². The van der Waals surface area contributed by atoms with Crippen LogP contribution < -0.4 is 0 Å². The van der Waals surface area contributed by atoms with Crippen molar-refractivity contribution in [2.45, 2.75) is 111 Å². The first kappa shape index (κ1) is 25.0. The van der Waals surface area contributed by atoms with E-state index in [1.54, 1.807) is 0 Å². The Kier molecular flexibility index (Phi) is 7.21. The van der Waals surface area contributed by atoms with Crippen LogP contribution in [0.3, 0.4) is 0 Å². The molecule has 186 valence electrons. The molecule has 0 spiro atoms. The molecule has 0 aromatic heterocycles. The maximum atomic E-state index is 11.5. The third-order valence-corrected chi connectivity index (χ3v) is 11.2. The topological polar surface area (TPSA) is 46.5 Å². The molecule has 4 aliphatic rings. The Hall–Kier alpha value is -1.09. The Labute approximate surface area is 202 Å². The third kappa shape index (κ3) is 4.26. The Bertz CT molecular complexity index is 771. The third-order valence-electron chi connectivity index (χ3n) is 11.2. The lowest BCUT2D eigenvalue weighted by molar-refractivity contribution is -0.147. The molecule has 1 N–H and O–H groups in total. The Morgan fingerprint density at radius 3 is 2.64 bits per heavy atom. The molecule has 0 radical (unpaired) electrons. The van der Waals surface area contributed by atoms with E-state index in [0.29, 0.717) is 35.6 Å². The van der Waals surface area contributed by atoms with Crippen LogP contribution in [0.5, 0.6) is 0 Å². The molecule has 3 saturated carbocycles. The van der Waals surface area contributed by atoms with Gasteiger partial charge in [0.25, 0.3) is 6.47 Å². The van der Waals surface area contributed by atoms with Gasteiger partial charge in [-0.15, -0.1) is 0 Å². The smallest absolute Gasteiger partial charge is 0.293 e. The highest BCUT2D eigenvalue weighted by Crippen LogP contribution is 2.67. The van der Waals surface area contributed by atoms with Crippen molar-refractivity contribution in [2.24, 2.45) is 46.3 Å². The summed E-state index contributed by atoms with van der Waals surface area (Å²) in [5.74, 6) is 3.75. The van der Waals surface area contributed by atoms with Crippen LogP contribution in [0.2, 0.25) is 0 Å². The number of carbonyl (C=O) groups excluding carboxylic acids is 1. The Morgan fingerprint density at radius 1 is 1.21 bits per heavy atom. The molecule has 3 nitrogen and oxygen atoms in total. The summed E-state index contributed by atoms with van der Waals surface area (Å²) in [7, 11) is 0. The Morgan fingerprint density at radius 2 is 1.97 bits per heavy atom. The highest BCUT2D eigenvalue weighted by Gasteiger charge is 2.61. The maximum Gasteiger partial charge on any atom is 0.293 e. The SMILES string of the molecule is C=C(C)C(CC)CCC(C)C1CCC2C3C(OC=O)C=C4CC(O)CCC4(C)C3CCC12C. The molecule has 0 heterocycles. The minimum absolute atomic E-state index is 0.118. The van der Waals surface area contributed by atoms with Gasteiger partial charge in [-0.1, -0.05) is 45.4 Å². The van der Waals surface area contributed by atoms with Crippen LogP contribution in [-0.4, -0.2) is 23.8 Å². The lowest BCUT2D eigenvalue weighted by atomic mass is 9.46.